The van der Waals surface area contributed by atoms with Gasteiger partial charge in [0.05, 0.1) is 22.9 Å². The van der Waals surface area contributed by atoms with Crippen LogP contribution in [0.15, 0.2) is 5.51 Å². The third kappa shape index (κ3) is 2.42. The SMILES string of the molecule is Cc1ncsc1C(Cc1c(C)nn(C)c1Cl)NN. The molecule has 0 radical (unpaired) electrons. The molecule has 7 heteroatoms. The van der Waals surface area contributed by atoms with Gasteiger partial charge in [-0.1, -0.05) is 11.6 Å². The first-order chi connectivity index (χ1) is 8.54. The van der Waals surface area contributed by atoms with Crippen molar-refractivity contribution in [3.8, 4) is 0 Å². The largest absolute Gasteiger partial charge is 0.271 e. The number of nitrogens with two attached hydrogens (primary N) is 1. The molecule has 2 aromatic heterocycles. The quantitative estimate of drug-likeness (QED) is 0.665. The van der Waals surface area contributed by atoms with Crippen LogP contribution in [-0.4, -0.2) is 14.8 Å². The van der Waals surface area contributed by atoms with E-state index in [1.54, 1.807) is 16.0 Å². The summed E-state index contributed by atoms with van der Waals surface area (Å²) in [5, 5.41) is 4.97. The van der Waals surface area contributed by atoms with Crippen LogP contribution >= 0.6 is 22.9 Å². The van der Waals surface area contributed by atoms with Gasteiger partial charge < -0.3 is 0 Å². The van der Waals surface area contributed by atoms with Gasteiger partial charge in [0.2, 0.25) is 0 Å². The molecular formula is C11H16ClN5S. The molecule has 0 bridgehead atoms. The summed E-state index contributed by atoms with van der Waals surface area (Å²) in [4.78, 5) is 5.38. The van der Waals surface area contributed by atoms with Crippen LogP contribution in [-0.2, 0) is 13.5 Å². The Bertz CT molecular complexity index is 548. The number of halogens is 1. The number of hydrogen-bond acceptors (Lipinski definition) is 5. The standard InChI is InChI=1S/C11H16ClN5S/c1-6-8(11(12)17(3)16-6)4-9(15-13)10-7(2)14-5-18-10/h5,9,15H,4,13H2,1-3H3. The Hall–Kier alpha value is -0.950. The molecule has 98 valence electrons. The van der Waals surface area contributed by atoms with Crippen LogP contribution in [0.5, 0.6) is 0 Å². The van der Waals surface area contributed by atoms with Crippen molar-refractivity contribution in [2.24, 2.45) is 12.9 Å². The lowest BCUT2D eigenvalue weighted by atomic mass is 10.1. The second kappa shape index (κ2) is 5.36. The first-order valence-corrected chi connectivity index (χ1v) is 6.84. The highest BCUT2D eigenvalue weighted by atomic mass is 35.5. The van der Waals surface area contributed by atoms with Crippen molar-refractivity contribution >= 4 is 22.9 Å². The topological polar surface area (TPSA) is 68.8 Å². The molecule has 1 unspecified atom stereocenters. The van der Waals surface area contributed by atoms with E-state index in [1.165, 1.54) is 0 Å². The zero-order chi connectivity index (χ0) is 13.3. The lowest BCUT2D eigenvalue weighted by Gasteiger charge is -2.14. The minimum Gasteiger partial charge on any atom is -0.271 e. The molecule has 0 amide bonds. The fourth-order valence-electron chi connectivity index (χ4n) is 1.98. The lowest BCUT2D eigenvalue weighted by Crippen LogP contribution is -2.29. The fraction of sp³-hybridized carbons (Fsp3) is 0.455. The molecule has 1 atom stereocenters. The maximum absolute atomic E-state index is 6.24. The summed E-state index contributed by atoms with van der Waals surface area (Å²) < 4.78 is 1.68. The Morgan fingerprint density at radius 1 is 1.50 bits per heavy atom. The molecule has 0 spiro atoms. The van der Waals surface area contributed by atoms with Gasteiger partial charge in [0.1, 0.15) is 5.15 Å². The van der Waals surface area contributed by atoms with Gasteiger partial charge in [-0.25, -0.2) is 4.98 Å². The Morgan fingerprint density at radius 2 is 2.22 bits per heavy atom. The van der Waals surface area contributed by atoms with Crippen molar-refractivity contribution in [2.75, 3.05) is 0 Å². The Labute approximate surface area is 115 Å². The van der Waals surface area contributed by atoms with E-state index in [0.29, 0.717) is 11.6 Å². The summed E-state index contributed by atoms with van der Waals surface area (Å²) in [6.45, 7) is 3.93. The average molecular weight is 286 g/mol. The van der Waals surface area contributed by atoms with Crippen LogP contribution in [0.3, 0.4) is 0 Å². The van der Waals surface area contributed by atoms with Gasteiger partial charge >= 0.3 is 0 Å². The maximum atomic E-state index is 6.24. The summed E-state index contributed by atoms with van der Waals surface area (Å²) in [5.41, 5.74) is 7.62. The highest BCUT2D eigenvalue weighted by Gasteiger charge is 2.20. The van der Waals surface area contributed by atoms with Gasteiger partial charge in [-0.15, -0.1) is 11.3 Å². The molecule has 0 fully saturated rings. The highest BCUT2D eigenvalue weighted by molar-refractivity contribution is 7.09. The zero-order valence-corrected chi connectivity index (χ0v) is 12.1. The predicted octanol–water partition coefficient (Wildman–Crippen LogP) is 1.89. The Balaban J connectivity index is 2.29. The summed E-state index contributed by atoms with van der Waals surface area (Å²) >= 11 is 7.83. The van der Waals surface area contributed by atoms with Crippen LogP contribution in [0.25, 0.3) is 0 Å². The van der Waals surface area contributed by atoms with Crippen LogP contribution < -0.4 is 11.3 Å². The van der Waals surface area contributed by atoms with Crippen molar-refractivity contribution in [1.29, 1.82) is 0 Å². The van der Waals surface area contributed by atoms with E-state index in [0.717, 1.165) is 21.8 Å². The maximum Gasteiger partial charge on any atom is 0.130 e. The minimum absolute atomic E-state index is 0.0119. The first kappa shape index (κ1) is 13.5. The number of hydrazine groups is 1. The van der Waals surface area contributed by atoms with Crippen molar-refractivity contribution in [3.63, 3.8) is 0 Å². The molecule has 0 saturated heterocycles. The van der Waals surface area contributed by atoms with Crippen molar-refractivity contribution in [1.82, 2.24) is 20.2 Å². The molecule has 2 heterocycles. The molecule has 0 aliphatic carbocycles. The van der Waals surface area contributed by atoms with Crippen molar-refractivity contribution < 1.29 is 0 Å². The minimum atomic E-state index is 0.0119. The van der Waals surface area contributed by atoms with E-state index in [-0.39, 0.29) is 6.04 Å². The monoisotopic (exact) mass is 285 g/mol. The molecule has 2 aromatic rings. The summed E-state index contributed by atoms with van der Waals surface area (Å²) in [7, 11) is 1.83. The van der Waals surface area contributed by atoms with Crippen molar-refractivity contribution in [3.05, 3.63) is 32.5 Å². The number of aryl methyl sites for hydroxylation is 3. The molecule has 3 N–H and O–H groups in total. The molecule has 0 aliphatic heterocycles. The van der Waals surface area contributed by atoms with Gasteiger partial charge in [0, 0.05) is 17.5 Å². The molecule has 18 heavy (non-hydrogen) atoms. The molecule has 5 nitrogen and oxygen atoms in total. The summed E-state index contributed by atoms with van der Waals surface area (Å²) in [6, 6.07) is 0.0119. The zero-order valence-electron chi connectivity index (χ0n) is 10.6. The van der Waals surface area contributed by atoms with E-state index >= 15 is 0 Å². The number of thiazole rings is 1. The lowest BCUT2D eigenvalue weighted by molar-refractivity contribution is 0.556. The number of aromatic nitrogens is 3. The third-order valence-corrected chi connectivity index (χ3v) is 4.50. The van der Waals surface area contributed by atoms with Gasteiger partial charge in [0.25, 0.3) is 0 Å². The number of nitrogens with zero attached hydrogens (tertiary/aromatic N) is 3. The van der Waals surface area contributed by atoms with E-state index in [9.17, 15) is 0 Å². The van der Waals surface area contributed by atoms with Crippen molar-refractivity contribution in [2.45, 2.75) is 26.3 Å². The second-order valence-corrected chi connectivity index (χ2v) is 5.45. The first-order valence-electron chi connectivity index (χ1n) is 5.58. The molecular weight excluding hydrogens is 270 g/mol. The van der Waals surface area contributed by atoms with E-state index < -0.39 is 0 Å². The number of hydrogen-bond donors (Lipinski definition) is 2. The van der Waals surface area contributed by atoms with E-state index in [1.807, 2.05) is 26.4 Å². The normalized spacial score (nSPS) is 12.9. The van der Waals surface area contributed by atoms with Gasteiger partial charge in [-0.3, -0.25) is 16.0 Å². The summed E-state index contributed by atoms with van der Waals surface area (Å²) in [6.07, 6.45) is 0.706. The van der Waals surface area contributed by atoms with E-state index in [4.69, 9.17) is 17.4 Å². The van der Waals surface area contributed by atoms with Crippen LogP contribution in [0.4, 0.5) is 0 Å². The highest BCUT2D eigenvalue weighted by Crippen LogP contribution is 2.28. The van der Waals surface area contributed by atoms with Crippen LogP contribution in [0.2, 0.25) is 5.15 Å². The predicted molar refractivity (Wildman–Crippen MR) is 73.6 cm³/mol. The number of rotatable bonds is 4. The molecule has 0 aliphatic rings. The van der Waals surface area contributed by atoms with Gasteiger partial charge in [-0.05, 0) is 20.3 Å². The molecule has 2 rings (SSSR count). The molecule has 0 saturated carbocycles. The van der Waals surface area contributed by atoms with E-state index in [2.05, 4.69) is 15.5 Å². The van der Waals surface area contributed by atoms with Gasteiger partial charge in [0.15, 0.2) is 0 Å². The molecule has 0 aromatic carbocycles. The Morgan fingerprint density at radius 3 is 2.67 bits per heavy atom. The smallest absolute Gasteiger partial charge is 0.130 e. The third-order valence-electron chi connectivity index (χ3n) is 2.98. The Kier molecular flexibility index (Phi) is 4.01. The van der Waals surface area contributed by atoms with Crippen LogP contribution in [0, 0.1) is 13.8 Å². The fourth-order valence-corrected chi connectivity index (χ4v) is 3.10. The average Bonchev–Trinajstić information content (AvgIpc) is 2.84. The van der Waals surface area contributed by atoms with Crippen LogP contribution in [0.1, 0.15) is 27.9 Å². The number of nitrogens with one attached hydrogen (secondary N) is 1. The summed E-state index contributed by atoms with van der Waals surface area (Å²) in [5.74, 6) is 5.65. The van der Waals surface area contributed by atoms with Gasteiger partial charge in [-0.2, -0.15) is 5.10 Å². The second-order valence-electron chi connectivity index (χ2n) is 4.20.